The molecular formula is C11H16O2S. The number of thiophene rings is 1. The van der Waals surface area contributed by atoms with E-state index in [9.17, 15) is 4.79 Å². The molecule has 1 unspecified atom stereocenters. The summed E-state index contributed by atoms with van der Waals surface area (Å²) in [5.41, 5.74) is 0. The van der Waals surface area contributed by atoms with Crippen LogP contribution in [0.25, 0.3) is 0 Å². The van der Waals surface area contributed by atoms with Gasteiger partial charge < -0.3 is 4.74 Å². The maximum absolute atomic E-state index is 11.3. The topological polar surface area (TPSA) is 26.3 Å². The molecule has 78 valence electrons. The molecule has 14 heavy (non-hydrogen) atoms. The summed E-state index contributed by atoms with van der Waals surface area (Å²) in [6.45, 7) is 5.93. The van der Waals surface area contributed by atoms with Gasteiger partial charge in [-0.15, -0.1) is 11.3 Å². The first-order valence-electron chi connectivity index (χ1n) is 4.82. The Labute approximate surface area is 88.9 Å². The SMILES string of the molecule is CC(C)CC(=O)OC(C)c1cccs1. The Hall–Kier alpha value is -0.830. The van der Waals surface area contributed by atoms with E-state index in [1.807, 2.05) is 38.3 Å². The van der Waals surface area contributed by atoms with Crippen LogP contribution in [-0.2, 0) is 9.53 Å². The highest BCUT2D eigenvalue weighted by Gasteiger charge is 2.13. The zero-order valence-corrected chi connectivity index (χ0v) is 9.64. The Morgan fingerprint density at radius 3 is 2.71 bits per heavy atom. The first kappa shape index (κ1) is 11.2. The van der Waals surface area contributed by atoms with Crippen molar-refractivity contribution in [3.63, 3.8) is 0 Å². The van der Waals surface area contributed by atoms with Crippen LogP contribution in [0.15, 0.2) is 17.5 Å². The molecule has 0 saturated heterocycles. The maximum Gasteiger partial charge on any atom is 0.306 e. The van der Waals surface area contributed by atoms with Crippen molar-refractivity contribution in [2.24, 2.45) is 5.92 Å². The minimum Gasteiger partial charge on any atom is -0.457 e. The van der Waals surface area contributed by atoms with Gasteiger partial charge in [-0.2, -0.15) is 0 Å². The normalized spacial score (nSPS) is 12.9. The quantitative estimate of drug-likeness (QED) is 0.715. The van der Waals surface area contributed by atoms with Crippen LogP contribution in [0, 0.1) is 5.92 Å². The fourth-order valence-corrected chi connectivity index (χ4v) is 1.87. The number of rotatable bonds is 4. The van der Waals surface area contributed by atoms with Crippen LogP contribution in [0.4, 0.5) is 0 Å². The molecule has 0 N–H and O–H groups in total. The summed E-state index contributed by atoms with van der Waals surface area (Å²) in [6.07, 6.45) is 0.386. The Balaban J connectivity index is 2.41. The van der Waals surface area contributed by atoms with Crippen molar-refractivity contribution in [3.8, 4) is 0 Å². The second-order valence-electron chi connectivity index (χ2n) is 3.75. The van der Waals surface area contributed by atoms with E-state index in [4.69, 9.17) is 4.74 Å². The van der Waals surface area contributed by atoms with Gasteiger partial charge in [-0.25, -0.2) is 0 Å². The third-order valence-corrected chi connectivity index (χ3v) is 2.86. The molecule has 0 saturated carbocycles. The molecule has 2 nitrogen and oxygen atoms in total. The molecule has 0 amide bonds. The van der Waals surface area contributed by atoms with Gasteiger partial charge in [0.25, 0.3) is 0 Å². The highest BCUT2D eigenvalue weighted by molar-refractivity contribution is 7.10. The molecule has 0 spiro atoms. The zero-order valence-electron chi connectivity index (χ0n) is 8.82. The minimum absolute atomic E-state index is 0.110. The molecule has 1 heterocycles. The van der Waals surface area contributed by atoms with Crippen molar-refractivity contribution in [2.75, 3.05) is 0 Å². The molecular weight excluding hydrogens is 196 g/mol. The van der Waals surface area contributed by atoms with E-state index in [0.29, 0.717) is 12.3 Å². The fourth-order valence-electron chi connectivity index (χ4n) is 1.16. The average molecular weight is 212 g/mol. The van der Waals surface area contributed by atoms with Gasteiger partial charge >= 0.3 is 5.97 Å². The third-order valence-electron chi connectivity index (χ3n) is 1.83. The summed E-state index contributed by atoms with van der Waals surface area (Å²) >= 11 is 1.61. The lowest BCUT2D eigenvalue weighted by Crippen LogP contribution is -2.10. The molecule has 1 aromatic rings. The van der Waals surface area contributed by atoms with Crippen LogP contribution in [0.3, 0.4) is 0 Å². The number of carbonyl (C=O) groups excluding carboxylic acids is 1. The second kappa shape index (κ2) is 5.15. The predicted octanol–water partition coefficient (Wildman–Crippen LogP) is 3.40. The zero-order chi connectivity index (χ0) is 10.6. The molecule has 0 aromatic carbocycles. The van der Waals surface area contributed by atoms with E-state index in [1.54, 1.807) is 11.3 Å². The van der Waals surface area contributed by atoms with E-state index in [-0.39, 0.29) is 12.1 Å². The molecule has 0 aliphatic heterocycles. The Morgan fingerprint density at radius 1 is 1.50 bits per heavy atom. The largest absolute Gasteiger partial charge is 0.457 e. The summed E-state index contributed by atoms with van der Waals surface area (Å²) in [7, 11) is 0. The number of ether oxygens (including phenoxy) is 1. The summed E-state index contributed by atoms with van der Waals surface area (Å²) in [4.78, 5) is 12.4. The van der Waals surface area contributed by atoms with E-state index in [1.165, 1.54) is 0 Å². The third kappa shape index (κ3) is 3.50. The van der Waals surface area contributed by atoms with E-state index in [2.05, 4.69) is 0 Å². The number of esters is 1. The Morgan fingerprint density at radius 2 is 2.21 bits per heavy atom. The van der Waals surface area contributed by atoms with Crippen molar-refractivity contribution in [1.82, 2.24) is 0 Å². The number of hydrogen-bond acceptors (Lipinski definition) is 3. The highest BCUT2D eigenvalue weighted by atomic mass is 32.1. The summed E-state index contributed by atoms with van der Waals surface area (Å²) in [6, 6.07) is 3.95. The van der Waals surface area contributed by atoms with Crippen molar-refractivity contribution < 1.29 is 9.53 Å². The first-order chi connectivity index (χ1) is 6.59. The van der Waals surface area contributed by atoms with Crippen LogP contribution >= 0.6 is 11.3 Å². The summed E-state index contributed by atoms with van der Waals surface area (Å²) < 4.78 is 5.28. The van der Waals surface area contributed by atoms with Gasteiger partial charge in [0.1, 0.15) is 6.10 Å². The molecule has 0 fully saturated rings. The fraction of sp³-hybridized carbons (Fsp3) is 0.545. The number of hydrogen-bond donors (Lipinski definition) is 0. The van der Waals surface area contributed by atoms with Crippen LogP contribution in [0.5, 0.6) is 0 Å². The summed E-state index contributed by atoms with van der Waals surface area (Å²) in [5, 5.41) is 1.99. The molecule has 1 aromatic heterocycles. The number of carbonyl (C=O) groups is 1. The van der Waals surface area contributed by atoms with Crippen molar-refractivity contribution in [2.45, 2.75) is 33.3 Å². The van der Waals surface area contributed by atoms with Gasteiger partial charge in [0.15, 0.2) is 0 Å². The molecule has 0 aliphatic rings. The van der Waals surface area contributed by atoms with Gasteiger partial charge in [-0.3, -0.25) is 4.79 Å². The second-order valence-corrected chi connectivity index (χ2v) is 4.72. The van der Waals surface area contributed by atoms with Gasteiger partial charge in [0.05, 0.1) is 0 Å². The lowest BCUT2D eigenvalue weighted by molar-refractivity contribution is -0.149. The lowest BCUT2D eigenvalue weighted by Gasteiger charge is -2.12. The monoisotopic (exact) mass is 212 g/mol. The van der Waals surface area contributed by atoms with Gasteiger partial charge in [0, 0.05) is 11.3 Å². The maximum atomic E-state index is 11.3. The highest BCUT2D eigenvalue weighted by Crippen LogP contribution is 2.22. The molecule has 3 heteroatoms. The van der Waals surface area contributed by atoms with Crippen molar-refractivity contribution in [1.29, 1.82) is 0 Å². The first-order valence-corrected chi connectivity index (χ1v) is 5.70. The Kier molecular flexibility index (Phi) is 4.14. The van der Waals surface area contributed by atoms with Crippen LogP contribution in [0.1, 0.15) is 38.2 Å². The molecule has 1 atom stereocenters. The molecule has 0 bridgehead atoms. The molecule has 1 rings (SSSR count). The van der Waals surface area contributed by atoms with E-state index in [0.717, 1.165) is 4.88 Å². The van der Waals surface area contributed by atoms with Gasteiger partial charge in [-0.05, 0) is 24.3 Å². The lowest BCUT2D eigenvalue weighted by atomic mass is 10.1. The van der Waals surface area contributed by atoms with Crippen LogP contribution in [0.2, 0.25) is 0 Å². The van der Waals surface area contributed by atoms with E-state index < -0.39 is 0 Å². The van der Waals surface area contributed by atoms with Crippen LogP contribution in [-0.4, -0.2) is 5.97 Å². The van der Waals surface area contributed by atoms with Crippen LogP contribution < -0.4 is 0 Å². The molecule has 0 radical (unpaired) electrons. The van der Waals surface area contributed by atoms with Gasteiger partial charge in [0.2, 0.25) is 0 Å². The average Bonchev–Trinajstić information content (AvgIpc) is 2.53. The standard InChI is InChI=1S/C11H16O2S/c1-8(2)7-11(12)13-9(3)10-5-4-6-14-10/h4-6,8-9H,7H2,1-3H3. The molecule has 0 aliphatic carbocycles. The smallest absolute Gasteiger partial charge is 0.306 e. The van der Waals surface area contributed by atoms with Crippen molar-refractivity contribution in [3.05, 3.63) is 22.4 Å². The van der Waals surface area contributed by atoms with Gasteiger partial charge in [-0.1, -0.05) is 19.9 Å². The summed E-state index contributed by atoms with van der Waals surface area (Å²) in [5.74, 6) is 0.249. The van der Waals surface area contributed by atoms with E-state index >= 15 is 0 Å². The predicted molar refractivity (Wildman–Crippen MR) is 58.3 cm³/mol. The minimum atomic E-state index is -0.110. The van der Waals surface area contributed by atoms with Crippen molar-refractivity contribution >= 4 is 17.3 Å². The Bertz CT molecular complexity index is 277.